The molecule has 1 aliphatic carbocycles. The van der Waals surface area contributed by atoms with E-state index in [9.17, 15) is 4.79 Å². The topological polar surface area (TPSA) is 110 Å². The van der Waals surface area contributed by atoms with E-state index in [1.54, 1.807) is 22.7 Å². The Morgan fingerprint density at radius 1 is 1.23 bits per heavy atom. The van der Waals surface area contributed by atoms with Gasteiger partial charge in [0.1, 0.15) is 17.0 Å². The maximum Gasteiger partial charge on any atom is 0.233 e. The molecular weight excluding hydrogens is 438 g/mol. The van der Waals surface area contributed by atoms with Crippen molar-refractivity contribution in [1.82, 2.24) is 25.1 Å². The van der Waals surface area contributed by atoms with Crippen molar-refractivity contribution in [2.24, 2.45) is 0 Å². The van der Waals surface area contributed by atoms with E-state index >= 15 is 0 Å². The normalized spacial score (nSPS) is 17.3. The Hall–Kier alpha value is -1.98. The van der Waals surface area contributed by atoms with Crippen LogP contribution in [0.15, 0.2) is 10.7 Å². The summed E-state index contributed by atoms with van der Waals surface area (Å²) < 4.78 is 0.837. The van der Waals surface area contributed by atoms with Crippen LogP contribution in [0.5, 0.6) is 0 Å². The molecule has 1 fully saturated rings. The monoisotopic (exact) mass is 461 g/mol. The summed E-state index contributed by atoms with van der Waals surface area (Å²) in [4.78, 5) is 25.2. The highest BCUT2D eigenvalue weighted by Crippen LogP contribution is 2.36. The Morgan fingerprint density at radius 3 is 2.97 bits per heavy atom. The Bertz CT molecular complexity index is 1060. The zero-order valence-corrected chi connectivity index (χ0v) is 18.9. The van der Waals surface area contributed by atoms with Crippen molar-refractivity contribution in [3.05, 3.63) is 16.8 Å². The third-order valence-corrected chi connectivity index (χ3v) is 8.77. The summed E-state index contributed by atoms with van der Waals surface area (Å²) in [6.07, 6.45) is 8.58. The molecule has 0 radical (unpaired) electrons. The predicted octanol–water partition coefficient (Wildman–Crippen LogP) is 3.55. The summed E-state index contributed by atoms with van der Waals surface area (Å²) in [7, 11) is 0. The molecular formula is C19H23N7OS3. The van der Waals surface area contributed by atoms with Gasteiger partial charge in [-0.1, -0.05) is 42.4 Å². The maximum atomic E-state index is 12.8. The first-order chi connectivity index (χ1) is 14.7. The van der Waals surface area contributed by atoms with Gasteiger partial charge in [0.15, 0.2) is 4.34 Å². The molecule has 0 aromatic carbocycles. The van der Waals surface area contributed by atoms with E-state index in [2.05, 4.69) is 25.5 Å². The van der Waals surface area contributed by atoms with Crippen molar-refractivity contribution in [1.29, 1.82) is 0 Å². The Kier molecular flexibility index (Phi) is 5.74. The Balaban J connectivity index is 1.18. The number of aromatic nitrogens is 4. The SMILES string of the molecule is Nc1ncnc2sc3c(c12)CCN(C(=O)CSc1nnc(NC2CCCCC2)s1)C3. The Morgan fingerprint density at radius 2 is 2.10 bits per heavy atom. The lowest BCUT2D eigenvalue weighted by molar-refractivity contribution is -0.129. The molecule has 0 unspecified atom stereocenters. The zero-order valence-electron chi connectivity index (χ0n) is 16.5. The molecule has 4 heterocycles. The molecule has 3 aromatic heterocycles. The third kappa shape index (κ3) is 4.10. The van der Waals surface area contributed by atoms with Crippen LogP contribution in [0.2, 0.25) is 0 Å². The lowest BCUT2D eigenvalue weighted by Gasteiger charge is -2.26. The van der Waals surface area contributed by atoms with Crippen LogP contribution < -0.4 is 11.1 Å². The number of carbonyl (C=O) groups is 1. The van der Waals surface area contributed by atoms with Gasteiger partial charge in [-0.25, -0.2) is 9.97 Å². The summed E-state index contributed by atoms with van der Waals surface area (Å²) >= 11 is 4.62. The summed E-state index contributed by atoms with van der Waals surface area (Å²) in [5.74, 6) is 1.03. The van der Waals surface area contributed by atoms with Gasteiger partial charge in [-0.15, -0.1) is 21.5 Å². The van der Waals surface area contributed by atoms with Crippen molar-refractivity contribution in [3.63, 3.8) is 0 Å². The minimum Gasteiger partial charge on any atom is -0.383 e. The van der Waals surface area contributed by atoms with Crippen LogP contribution >= 0.6 is 34.4 Å². The van der Waals surface area contributed by atoms with Gasteiger partial charge in [-0.05, 0) is 24.8 Å². The summed E-state index contributed by atoms with van der Waals surface area (Å²) in [5, 5.41) is 13.8. The number of nitrogens with zero attached hydrogens (tertiary/aromatic N) is 5. The average molecular weight is 462 g/mol. The highest BCUT2D eigenvalue weighted by atomic mass is 32.2. The quantitative estimate of drug-likeness (QED) is 0.555. The average Bonchev–Trinajstić information content (AvgIpc) is 3.36. The standard InChI is InChI=1S/C19H23N7OS3/c20-16-15-12-6-7-26(8-13(12)29-17(15)22-10-21-16)14(27)9-28-19-25-24-18(30-19)23-11-4-2-1-3-5-11/h10-11H,1-9H2,(H,23,24)(H2,20,21,22). The van der Waals surface area contributed by atoms with Gasteiger partial charge in [0, 0.05) is 17.5 Å². The molecule has 11 heteroatoms. The van der Waals surface area contributed by atoms with E-state index < -0.39 is 0 Å². The lowest BCUT2D eigenvalue weighted by atomic mass is 9.96. The van der Waals surface area contributed by atoms with Crippen molar-refractivity contribution < 1.29 is 4.79 Å². The second kappa shape index (κ2) is 8.64. The molecule has 1 amide bonds. The number of thioether (sulfide) groups is 1. The van der Waals surface area contributed by atoms with E-state index in [0.29, 0.717) is 30.7 Å². The number of thiophene rings is 1. The number of hydrogen-bond acceptors (Lipinski definition) is 10. The number of fused-ring (bicyclic) bond motifs is 3. The summed E-state index contributed by atoms with van der Waals surface area (Å²) in [6, 6.07) is 0.508. The Labute approximate surface area is 186 Å². The van der Waals surface area contributed by atoms with Gasteiger partial charge in [0.05, 0.1) is 17.7 Å². The van der Waals surface area contributed by atoms with Crippen LogP contribution in [0.4, 0.5) is 10.9 Å². The minimum absolute atomic E-state index is 0.124. The fourth-order valence-electron chi connectivity index (χ4n) is 4.13. The molecule has 0 bridgehead atoms. The van der Waals surface area contributed by atoms with E-state index in [-0.39, 0.29) is 5.91 Å². The molecule has 0 atom stereocenters. The molecule has 0 spiro atoms. The number of carbonyl (C=O) groups excluding carboxylic acids is 1. The molecule has 3 aromatic rings. The van der Waals surface area contributed by atoms with Crippen LogP contribution in [0, 0.1) is 0 Å². The number of nitrogens with one attached hydrogen (secondary N) is 1. The van der Waals surface area contributed by atoms with Gasteiger partial charge in [-0.2, -0.15) is 0 Å². The van der Waals surface area contributed by atoms with Crippen molar-refractivity contribution in [3.8, 4) is 0 Å². The molecule has 0 saturated heterocycles. The second-order valence-corrected chi connectivity index (χ2v) is 10.9. The molecule has 5 rings (SSSR count). The van der Waals surface area contributed by atoms with Gasteiger partial charge in [0.2, 0.25) is 11.0 Å². The summed E-state index contributed by atoms with van der Waals surface area (Å²) in [5.41, 5.74) is 7.25. The molecule has 8 nitrogen and oxygen atoms in total. The van der Waals surface area contributed by atoms with Crippen LogP contribution in [-0.4, -0.2) is 49.3 Å². The predicted molar refractivity (Wildman–Crippen MR) is 122 cm³/mol. The first kappa shape index (κ1) is 20.0. The first-order valence-corrected chi connectivity index (χ1v) is 12.8. The maximum absolute atomic E-state index is 12.8. The van der Waals surface area contributed by atoms with Crippen molar-refractivity contribution >= 4 is 61.5 Å². The molecule has 30 heavy (non-hydrogen) atoms. The first-order valence-electron chi connectivity index (χ1n) is 10.2. The molecule has 1 aliphatic heterocycles. The van der Waals surface area contributed by atoms with Crippen LogP contribution in [0.1, 0.15) is 42.5 Å². The van der Waals surface area contributed by atoms with Gasteiger partial charge in [-0.3, -0.25) is 4.79 Å². The largest absolute Gasteiger partial charge is 0.383 e. The number of nitrogen functional groups attached to an aromatic ring is 1. The number of nitrogens with two attached hydrogens (primary N) is 1. The van der Waals surface area contributed by atoms with E-state index in [1.165, 1.54) is 55.8 Å². The molecule has 2 aliphatic rings. The number of hydrogen-bond donors (Lipinski definition) is 2. The number of amides is 1. The van der Waals surface area contributed by atoms with Crippen LogP contribution in [-0.2, 0) is 17.8 Å². The van der Waals surface area contributed by atoms with Crippen LogP contribution in [0.25, 0.3) is 10.2 Å². The number of anilines is 2. The van der Waals surface area contributed by atoms with E-state index in [1.807, 2.05) is 4.90 Å². The highest BCUT2D eigenvalue weighted by Gasteiger charge is 2.26. The third-order valence-electron chi connectivity index (χ3n) is 5.68. The van der Waals surface area contributed by atoms with Crippen molar-refractivity contribution in [2.45, 2.75) is 55.5 Å². The van der Waals surface area contributed by atoms with Gasteiger partial charge in [0.25, 0.3) is 0 Å². The summed E-state index contributed by atoms with van der Waals surface area (Å²) in [6.45, 7) is 1.30. The lowest BCUT2D eigenvalue weighted by Crippen LogP contribution is -2.36. The van der Waals surface area contributed by atoms with Gasteiger partial charge >= 0.3 is 0 Å². The van der Waals surface area contributed by atoms with Crippen LogP contribution in [0.3, 0.4) is 0 Å². The van der Waals surface area contributed by atoms with Crippen molar-refractivity contribution in [2.75, 3.05) is 23.3 Å². The smallest absolute Gasteiger partial charge is 0.233 e. The molecule has 1 saturated carbocycles. The fraction of sp³-hybridized carbons (Fsp3) is 0.526. The van der Waals surface area contributed by atoms with Gasteiger partial charge < -0.3 is 16.0 Å². The fourth-order valence-corrected chi connectivity index (χ4v) is 7.07. The molecule has 158 valence electrons. The highest BCUT2D eigenvalue weighted by molar-refractivity contribution is 8.01. The number of rotatable bonds is 5. The second-order valence-electron chi connectivity index (χ2n) is 7.65. The molecule has 3 N–H and O–H groups in total. The van der Waals surface area contributed by atoms with E-state index in [4.69, 9.17) is 5.73 Å². The minimum atomic E-state index is 0.124. The zero-order chi connectivity index (χ0) is 20.5. The van der Waals surface area contributed by atoms with E-state index in [0.717, 1.165) is 31.0 Å².